The van der Waals surface area contributed by atoms with Gasteiger partial charge >= 0.3 is 0 Å². The third-order valence-electron chi connectivity index (χ3n) is 5.16. The van der Waals surface area contributed by atoms with Crippen molar-refractivity contribution in [3.63, 3.8) is 0 Å². The van der Waals surface area contributed by atoms with Crippen molar-refractivity contribution in [2.75, 3.05) is 6.61 Å². The average molecular weight is 501 g/mol. The number of carbonyl (C=O) groups is 1. The normalized spacial score (nSPS) is 11.3. The van der Waals surface area contributed by atoms with Crippen LogP contribution in [0.4, 0.5) is 0 Å². The molecule has 168 valence electrons. The van der Waals surface area contributed by atoms with Gasteiger partial charge in [-0.1, -0.05) is 83.3 Å². The Kier molecular flexibility index (Phi) is 7.23. The fourth-order valence-corrected chi connectivity index (χ4v) is 4.52. The number of halogens is 3. The maximum absolute atomic E-state index is 12.2. The van der Waals surface area contributed by atoms with E-state index in [-0.39, 0.29) is 22.4 Å². The summed E-state index contributed by atoms with van der Waals surface area (Å²) in [5, 5.41) is 6.03. The number of aromatic nitrogens is 1. The molecule has 0 bridgehead atoms. The second-order valence-corrected chi connectivity index (χ2v) is 8.62. The van der Waals surface area contributed by atoms with E-state index in [2.05, 4.69) is 33.3 Å². The number of nitrogens with zero attached hydrogens (tertiary/aromatic N) is 2. The van der Waals surface area contributed by atoms with Gasteiger partial charge in [0.25, 0.3) is 5.91 Å². The summed E-state index contributed by atoms with van der Waals surface area (Å²) in [6.07, 6.45) is 1.65. The molecule has 0 saturated heterocycles. The number of fused-ring (bicyclic) bond motifs is 1. The van der Waals surface area contributed by atoms with Crippen molar-refractivity contribution in [3.05, 3.63) is 98.6 Å². The lowest BCUT2D eigenvalue weighted by Gasteiger charge is -2.09. The molecule has 0 fully saturated rings. The topological polar surface area (TPSA) is 55.6 Å². The summed E-state index contributed by atoms with van der Waals surface area (Å²) in [4.78, 5) is 12.2. The molecule has 0 aliphatic heterocycles. The number of para-hydroxylation sites is 1. The van der Waals surface area contributed by atoms with Crippen LogP contribution in [-0.2, 0) is 11.3 Å². The number of hydrogen-bond acceptors (Lipinski definition) is 3. The van der Waals surface area contributed by atoms with Crippen LogP contribution in [-0.4, -0.2) is 23.3 Å². The maximum atomic E-state index is 12.2. The van der Waals surface area contributed by atoms with Crippen LogP contribution in [0.15, 0.2) is 71.8 Å². The first-order valence-corrected chi connectivity index (χ1v) is 11.3. The molecule has 0 spiro atoms. The minimum Gasteiger partial charge on any atom is -0.481 e. The van der Waals surface area contributed by atoms with E-state index in [0.717, 1.165) is 28.7 Å². The van der Waals surface area contributed by atoms with Crippen LogP contribution in [0.25, 0.3) is 10.9 Å². The molecular formula is C25H20Cl3N3O2. The minimum atomic E-state index is -0.445. The number of ether oxygens (including phenoxy) is 1. The Morgan fingerprint density at radius 1 is 1.03 bits per heavy atom. The van der Waals surface area contributed by atoms with Crippen molar-refractivity contribution in [1.29, 1.82) is 0 Å². The molecule has 3 aromatic carbocycles. The van der Waals surface area contributed by atoms with Gasteiger partial charge in [0.2, 0.25) is 0 Å². The molecule has 0 aliphatic rings. The Labute approximate surface area is 206 Å². The van der Waals surface area contributed by atoms with Crippen LogP contribution < -0.4 is 10.2 Å². The first-order valence-electron chi connectivity index (χ1n) is 10.1. The summed E-state index contributed by atoms with van der Waals surface area (Å²) >= 11 is 18.0. The van der Waals surface area contributed by atoms with Gasteiger partial charge in [0.1, 0.15) is 0 Å². The van der Waals surface area contributed by atoms with Crippen LogP contribution in [0.5, 0.6) is 5.75 Å². The molecule has 0 unspecified atom stereocenters. The van der Waals surface area contributed by atoms with E-state index in [1.54, 1.807) is 6.21 Å². The molecule has 4 aromatic rings. The number of amides is 1. The molecule has 0 atom stereocenters. The van der Waals surface area contributed by atoms with E-state index in [4.69, 9.17) is 39.5 Å². The Morgan fingerprint density at radius 3 is 2.42 bits per heavy atom. The van der Waals surface area contributed by atoms with Crippen LogP contribution in [0.3, 0.4) is 0 Å². The Balaban J connectivity index is 1.48. The highest BCUT2D eigenvalue weighted by atomic mass is 35.5. The highest BCUT2D eigenvalue weighted by Gasteiger charge is 2.14. The molecule has 1 aromatic heterocycles. The zero-order valence-electron chi connectivity index (χ0n) is 17.7. The molecule has 0 saturated carbocycles. The SMILES string of the molecule is Cc1c(C=NNC(=O)COc2c(Cl)cc(Cl)cc2Cl)c2ccccc2n1Cc1ccccc1. The summed E-state index contributed by atoms with van der Waals surface area (Å²) in [5.41, 5.74) is 6.78. The van der Waals surface area contributed by atoms with Gasteiger partial charge in [-0.25, -0.2) is 5.43 Å². The monoisotopic (exact) mass is 499 g/mol. The Morgan fingerprint density at radius 2 is 1.70 bits per heavy atom. The van der Waals surface area contributed by atoms with Gasteiger partial charge in [0, 0.05) is 33.7 Å². The largest absolute Gasteiger partial charge is 0.481 e. The third kappa shape index (κ3) is 5.33. The fraction of sp³-hybridized carbons (Fsp3) is 0.120. The number of hydrazone groups is 1. The fourth-order valence-electron chi connectivity index (χ4n) is 3.60. The van der Waals surface area contributed by atoms with Gasteiger partial charge in [-0.05, 0) is 30.7 Å². The molecule has 8 heteroatoms. The minimum absolute atomic E-state index is 0.196. The third-order valence-corrected chi connectivity index (χ3v) is 5.94. The van der Waals surface area contributed by atoms with Gasteiger partial charge in [-0.15, -0.1) is 0 Å². The molecular weight excluding hydrogens is 481 g/mol. The lowest BCUT2D eigenvalue weighted by molar-refractivity contribution is -0.123. The molecule has 1 N–H and O–H groups in total. The molecule has 1 amide bonds. The first-order chi connectivity index (χ1) is 15.9. The van der Waals surface area contributed by atoms with Crippen molar-refractivity contribution < 1.29 is 9.53 Å². The predicted molar refractivity (Wildman–Crippen MR) is 135 cm³/mol. The van der Waals surface area contributed by atoms with Crippen molar-refractivity contribution in [2.45, 2.75) is 13.5 Å². The van der Waals surface area contributed by atoms with E-state index in [9.17, 15) is 4.79 Å². The zero-order chi connectivity index (χ0) is 23.4. The van der Waals surface area contributed by atoms with Gasteiger partial charge in [-0.3, -0.25) is 4.79 Å². The van der Waals surface area contributed by atoms with Crippen molar-refractivity contribution >= 4 is 57.8 Å². The molecule has 4 rings (SSSR count). The van der Waals surface area contributed by atoms with Crippen molar-refractivity contribution in [3.8, 4) is 5.75 Å². The summed E-state index contributed by atoms with van der Waals surface area (Å²) in [6, 6.07) is 21.4. The second-order valence-electron chi connectivity index (χ2n) is 7.37. The lowest BCUT2D eigenvalue weighted by Crippen LogP contribution is -2.24. The van der Waals surface area contributed by atoms with Gasteiger partial charge in [0.15, 0.2) is 12.4 Å². The van der Waals surface area contributed by atoms with Crippen molar-refractivity contribution in [2.24, 2.45) is 5.10 Å². The number of rotatable bonds is 7. The lowest BCUT2D eigenvalue weighted by atomic mass is 10.1. The van der Waals surface area contributed by atoms with Crippen LogP contribution in [0, 0.1) is 6.92 Å². The predicted octanol–water partition coefficient (Wildman–Crippen LogP) is 6.49. The van der Waals surface area contributed by atoms with E-state index in [1.807, 2.05) is 43.3 Å². The molecule has 1 heterocycles. The highest BCUT2D eigenvalue weighted by molar-refractivity contribution is 6.40. The Bertz CT molecular complexity index is 1310. The summed E-state index contributed by atoms with van der Waals surface area (Å²) < 4.78 is 7.68. The Hall–Kier alpha value is -2.99. The molecule has 5 nitrogen and oxygen atoms in total. The van der Waals surface area contributed by atoms with Crippen LogP contribution in [0.2, 0.25) is 15.1 Å². The number of hydrogen-bond donors (Lipinski definition) is 1. The quantitative estimate of drug-likeness (QED) is 0.233. The number of nitrogens with one attached hydrogen (secondary N) is 1. The van der Waals surface area contributed by atoms with Crippen LogP contribution in [0.1, 0.15) is 16.8 Å². The van der Waals surface area contributed by atoms with E-state index in [1.165, 1.54) is 17.7 Å². The van der Waals surface area contributed by atoms with E-state index in [0.29, 0.717) is 5.02 Å². The molecule has 33 heavy (non-hydrogen) atoms. The first kappa shape index (κ1) is 23.2. The second kappa shape index (κ2) is 10.3. The van der Waals surface area contributed by atoms with Gasteiger partial charge in [0.05, 0.1) is 16.3 Å². The van der Waals surface area contributed by atoms with Crippen molar-refractivity contribution in [1.82, 2.24) is 9.99 Å². The summed E-state index contributed by atoms with van der Waals surface area (Å²) in [7, 11) is 0. The summed E-state index contributed by atoms with van der Waals surface area (Å²) in [5.74, 6) is -0.249. The highest BCUT2D eigenvalue weighted by Crippen LogP contribution is 2.35. The summed E-state index contributed by atoms with van der Waals surface area (Å²) in [6.45, 7) is 2.48. The molecule has 0 aliphatic carbocycles. The number of carbonyl (C=O) groups excluding carboxylic acids is 1. The van der Waals surface area contributed by atoms with Gasteiger partial charge in [-0.2, -0.15) is 5.10 Å². The smallest absolute Gasteiger partial charge is 0.277 e. The molecule has 0 radical (unpaired) electrons. The van der Waals surface area contributed by atoms with E-state index >= 15 is 0 Å². The van der Waals surface area contributed by atoms with Gasteiger partial charge < -0.3 is 9.30 Å². The standard InChI is InChI=1S/C25H20Cl3N3O2/c1-16-20(13-29-30-24(32)15-33-25-21(27)11-18(26)12-22(25)28)19-9-5-6-10-23(19)31(16)14-17-7-3-2-4-8-17/h2-13H,14-15H2,1H3,(H,30,32). The van der Waals surface area contributed by atoms with Crippen LogP contribution >= 0.6 is 34.8 Å². The number of benzene rings is 3. The van der Waals surface area contributed by atoms with E-state index < -0.39 is 5.91 Å². The zero-order valence-corrected chi connectivity index (χ0v) is 20.0. The maximum Gasteiger partial charge on any atom is 0.277 e. The average Bonchev–Trinajstić information content (AvgIpc) is 3.05.